The Morgan fingerprint density at radius 2 is 1.70 bits per heavy atom. The highest BCUT2D eigenvalue weighted by Crippen LogP contribution is 2.27. The predicted octanol–water partition coefficient (Wildman–Crippen LogP) is 3.35. The lowest BCUT2D eigenvalue weighted by molar-refractivity contribution is 0.200. The van der Waals surface area contributed by atoms with E-state index < -0.39 is 0 Å². The summed E-state index contributed by atoms with van der Waals surface area (Å²) in [6, 6.07) is 6.39. The standard InChI is InChI=1S/C20H36N4O2.HI/c1-8-16(9-2)17(24(4)5)14-23-20(21-3)22-13-15-10-11-18(25-6)19(12-15)26-7;/h10-12,16-17H,8-9,13-14H2,1-7H3,(H2,21,22,23);1H. The number of rotatable bonds is 10. The lowest BCUT2D eigenvalue weighted by Gasteiger charge is -2.32. The fourth-order valence-corrected chi connectivity index (χ4v) is 3.20. The third-order valence-electron chi connectivity index (χ3n) is 4.87. The Balaban J connectivity index is 0.00000676. The van der Waals surface area contributed by atoms with Crippen molar-refractivity contribution in [1.82, 2.24) is 15.5 Å². The van der Waals surface area contributed by atoms with E-state index in [4.69, 9.17) is 9.47 Å². The van der Waals surface area contributed by atoms with Crippen LogP contribution in [0.15, 0.2) is 23.2 Å². The highest BCUT2D eigenvalue weighted by Gasteiger charge is 2.20. The van der Waals surface area contributed by atoms with Crippen molar-refractivity contribution in [3.05, 3.63) is 23.8 Å². The van der Waals surface area contributed by atoms with E-state index in [0.29, 0.717) is 18.5 Å². The van der Waals surface area contributed by atoms with E-state index in [9.17, 15) is 0 Å². The molecule has 0 aliphatic carbocycles. The molecule has 0 amide bonds. The third-order valence-corrected chi connectivity index (χ3v) is 4.87. The molecule has 1 aromatic rings. The smallest absolute Gasteiger partial charge is 0.191 e. The number of aliphatic imine (C=N–C) groups is 1. The van der Waals surface area contributed by atoms with Crippen molar-refractivity contribution in [2.24, 2.45) is 10.9 Å². The minimum Gasteiger partial charge on any atom is -0.493 e. The first kappa shape index (κ1) is 25.8. The molecule has 0 spiro atoms. The molecule has 1 aromatic carbocycles. The molecule has 1 rings (SSSR count). The number of halogens is 1. The van der Waals surface area contributed by atoms with Crippen molar-refractivity contribution >= 4 is 29.9 Å². The summed E-state index contributed by atoms with van der Waals surface area (Å²) in [7, 11) is 9.37. The van der Waals surface area contributed by atoms with Gasteiger partial charge in [-0.05, 0) is 37.7 Å². The van der Waals surface area contributed by atoms with Gasteiger partial charge in [-0.1, -0.05) is 32.8 Å². The van der Waals surface area contributed by atoms with Gasteiger partial charge in [0.1, 0.15) is 0 Å². The molecular weight excluding hydrogens is 455 g/mol. The molecule has 0 aliphatic heterocycles. The van der Waals surface area contributed by atoms with Gasteiger partial charge in [-0.15, -0.1) is 24.0 Å². The first-order chi connectivity index (χ1) is 12.5. The maximum absolute atomic E-state index is 5.36. The highest BCUT2D eigenvalue weighted by molar-refractivity contribution is 14.0. The molecule has 0 fully saturated rings. The van der Waals surface area contributed by atoms with E-state index in [1.54, 1.807) is 21.3 Å². The van der Waals surface area contributed by atoms with Crippen LogP contribution in [-0.2, 0) is 6.54 Å². The van der Waals surface area contributed by atoms with Crippen LogP contribution in [-0.4, -0.2) is 58.8 Å². The summed E-state index contributed by atoms with van der Waals surface area (Å²) in [5.41, 5.74) is 1.11. The molecule has 6 nitrogen and oxygen atoms in total. The van der Waals surface area contributed by atoms with Gasteiger partial charge in [-0.2, -0.15) is 0 Å². The average molecular weight is 492 g/mol. The summed E-state index contributed by atoms with van der Waals surface area (Å²) in [5.74, 6) is 2.94. The number of hydrogen-bond acceptors (Lipinski definition) is 4. The van der Waals surface area contributed by atoms with E-state index in [2.05, 4.69) is 48.5 Å². The highest BCUT2D eigenvalue weighted by atomic mass is 127. The lowest BCUT2D eigenvalue weighted by Crippen LogP contribution is -2.47. The molecule has 0 aromatic heterocycles. The van der Waals surface area contributed by atoms with Crippen LogP contribution >= 0.6 is 24.0 Å². The Kier molecular flexibility index (Phi) is 13.2. The maximum atomic E-state index is 5.36. The number of methoxy groups -OCH3 is 2. The van der Waals surface area contributed by atoms with Crippen molar-refractivity contribution in [1.29, 1.82) is 0 Å². The van der Waals surface area contributed by atoms with Gasteiger partial charge in [0.05, 0.1) is 14.2 Å². The minimum absolute atomic E-state index is 0. The lowest BCUT2D eigenvalue weighted by atomic mass is 9.93. The zero-order valence-corrected chi connectivity index (χ0v) is 20.2. The Morgan fingerprint density at radius 3 is 2.19 bits per heavy atom. The molecule has 0 saturated carbocycles. The molecule has 0 saturated heterocycles. The minimum atomic E-state index is 0. The van der Waals surface area contributed by atoms with Gasteiger partial charge >= 0.3 is 0 Å². The van der Waals surface area contributed by atoms with E-state index in [1.165, 1.54) is 12.8 Å². The molecule has 2 N–H and O–H groups in total. The second-order valence-corrected chi connectivity index (χ2v) is 6.60. The molecule has 1 atom stereocenters. The summed E-state index contributed by atoms with van der Waals surface area (Å²) in [5, 5.41) is 6.83. The fraction of sp³-hybridized carbons (Fsp3) is 0.650. The van der Waals surface area contributed by atoms with Crippen molar-refractivity contribution in [3.8, 4) is 11.5 Å². The second-order valence-electron chi connectivity index (χ2n) is 6.60. The Bertz CT molecular complexity index is 563. The van der Waals surface area contributed by atoms with Crippen LogP contribution in [0.5, 0.6) is 11.5 Å². The van der Waals surface area contributed by atoms with Gasteiger partial charge < -0.3 is 25.0 Å². The first-order valence-electron chi connectivity index (χ1n) is 9.32. The summed E-state index contributed by atoms with van der Waals surface area (Å²) < 4.78 is 10.6. The Labute approximate surface area is 182 Å². The molecular formula is C20H37IN4O2. The molecule has 7 heteroatoms. The maximum Gasteiger partial charge on any atom is 0.191 e. The summed E-state index contributed by atoms with van der Waals surface area (Å²) in [4.78, 5) is 6.64. The number of guanidine groups is 1. The van der Waals surface area contributed by atoms with E-state index in [0.717, 1.165) is 29.6 Å². The average Bonchev–Trinajstić information content (AvgIpc) is 2.66. The van der Waals surface area contributed by atoms with Crippen LogP contribution in [0.25, 0.3) is 0 Å². The molecule has 156 valence electrons. The quantitative estimate of drug-likeness (QED) is 0.298. The van der Waals surface area contributed by atoms with Crippen molar-refractivity contribution in [2.45, 2.75) is 39.3 Å². The molecule has 0 heterocycles. The zero-order valence-electron chi connectivity index (χ0n) is 17.8. The topological polar surface area (TPSA) is 58.1 Å². The van der Waals surface area contributed by atoms with Gasteiger partial charge in [0.2, 0.25) is 0 Å². The number of ether oxygens (including phenoxy) is 2. The summed E-state index contributed by atoms with van der Waals surface area (Å²) in [6.07, 6.45) is 2.36. The zero-order chi connectivity index (χ0) is 19.5. The number of benzene rings is 1. The molecule has 0 radical (unpaired) electrons. The van der Waals surface area contributed by atoms with Crippen molar-refractivity contribution in [3.63, 3.8) is 0 Å². The number of nitrogens with one attached hydrogen (secondary N) is 2. The fourth-order valence-electron chi connectivity index (χ4n) is 3.20. The van der Waals surface area contributed by atoms with Crippen molar-refractivity contribution < 1.29 is 9.47 Å². The SMILES string of the molecule is CCC(CC)C(CNC(=NC)NCc1ccc(OC)c(OC)c1)N(C)C.I. The van der Waals surface area contributed by atoms with Crippen molar-refractivity contribution in [2.75, 3.05) is 41.9 Å². The first-order valence-corrected chi connectivity index (χ1v) is 9.32. The van der Waals surface area contributed by atoms with Gasteiger partial charge in [0, 0.05) is 26.2 Å². The number of hydrogen-bond donors (Lipinski definition) is 2. The largest absolute Gasteiger partial charge is 0.493 e. The summed E-state index contributed by atoms with van der Waals surface area (Å²) in [6.45, 7) is 6.05. The monoisotopic (exact) mass is 492 g/mol. The third kappa shape index (κ3) is 8.13. The molecule has 27 heavy (non-hydrogen) atoms. The van der Waals surface area contributed by atoms with Crippen LogP contribution in [0, 0.1) is 5.92 Å². The predicted molar refractivity (Wildman–Crippen MR) is 125 cm³/mol. The Morgan fingerprint density at radius 1 is 1.07 bits per heavy atom. The van der Waals surface area contributed by atoms with Gasteiger partial charge in [-0.3, -0.25) is 4.99 Å². The normalized spacial score (nSPS) is 12.6. The Hall–Kier alpha value is -1.22. The van der Waals surface area contributed by atoms with Crippen LogP contribution in [0.1, 0.15) is 32.3 Å². The summed E-state index contributed by atoms with van der Waals surface area (Å²) >= 11 is 0. The molecule has 0 aliphatic rings. The van der Waals surface area contributed by atoms with Crippen LogP contribution in [0.3, 0.4) is 0 Å². The molecule has 0 bridgehead atoms. The van der Waals surface area contributed by atoms with E-state index in [1.807, 2.05) is 18.2 Å². The molecule has 1 unspecified atom stereocenters. The van der Waals surface area contributed by atoms with E-state index in [-0.39, 0.29) is 24.0 Å². The van der Waals surface area contributed by atoms with Crippen LogP contribution in [0.4, 0.5) is 0 Å². The number of likely N-dealkylation sites (N-methyl/N-ethyl adjacent to an activating group) is 1. The van der Waals surface area contributed by atoms with E-state index >= 15 is 0 Å². The van der Waals surface area contributed by atoms with Crippen LogP contribution in [0.2, 0.25) is 0 Å². The van der Waals surface area contributed by atoms with Gasteiger partial charge in [0.25, 0.3) is 0 Å². The van der Waals surface area contributed by atoms with Gasteiger partial charge in [-0.25, -0.2) is 0 Å². The van der Waals surface area contributed by atoms with Crippen LogP contribution < -0.4 is 20.1 Å². The second kappa shape index (κ2) is 13.9. The number of nitrogens with zero attached hydrogens (tertiary/aromatic N) is 2. The van der Waals surface area contributed by atoms with Gasteiger partial charge in [0.15, 0.2) is 17.5 Å².